The lowest BCUT2D eigenvalue weighted by molar-refractivity contribution is -0.689. The predicted octanol–water partition coefficient (Wildman–Crippen LogP) is 3.99. The van der Waals surface area contributed by atoms with Gasteiger partial charge in [0.05, 0.1) is 0 Å². The van der Waals surface area contributed by atoms with E-state index in [1.807, 2.05) is 37.3 Å². The van der Waals surface area contributed by atoms with E-state index in [1.54, 1.807) is 42.5 Å². The predicted molar refractivity (Wildman–Crippen MR) is 116 cm³/mol. The van der Waals surface area contributed by atoms with E-state index in [-0.39, 0.29) is 12.3 Å². The molecule has 1 amide bonds. The SMILES string of the molecule is Cc1cc(OCC(=O)[NH+]([O-])c2ccc(-c3nc(-c4ccccc4)no3)cc2)ccc1Cl. The fourth-order valence-corrected chi connectivity index (χ4v) is 3.01. The highest BCUT2D eigenvalue weighted by Crippen LogP contribution is 2.23. The van der Waals surface area contributed by atoms with Gasteiger partial charge in [-0.1, -0.05) is 47.1 Å². The number of rotatable bonds is 6. The molecule has 0 spiro atoms. The Hall–Kier alpha value is -3.52. The summed E-state index contributed by atoms with van der Waals surface area (Å²) in [5.74, 6) is 0.625. The molecule has 156 valence electrons. The van der Waals surface area contributed by atoms with E-state index in [0.29, 0.717) is 28.1 Å². The monoisotopic (exact) mass is 435 g/mol. The minimum atomic E-state index is -0.649. The summed E-state index contributed by atoms with van der Waals surface area (Å²) in [5.41, 5.74) is 2.56. The molecule has 0 aliphatic rings. The summed E-state index contributed by atoms with van der Waals surface area (Å²) in [6, 6.07) is 20.9. The highest BCUT2D eigenvalue weighted by molar-refractivity contribution is 6.31. The van der Waals surface area contributed by atoms with E-state index in [0.717, 1.165) is 11.1 Å². The van der Waals surface area contributed by atoms with E-state index >= 15 is 0 Å². The Bertz CT molecular complexity index is 1190. The van der Waals surface area contributed by atoms with Crippen molar-refractivity contribution in [2.75, 3.05) is 6.61 Å². The molecule has 3 aromatic carbocycles. The second kappa shape index (κ2) is 9.09. The normalized spacial score (nSPS) is 11.8. The number of benzene rings is 3. The van der Waals surface area contributed by atoms with Gasteiger partial charge in [0.15, 0.2) is 0 Å². The summed E-state index contributed by atoms with van der Waals surface area (Å²) >= 11 is 5.97. The molecule has 0 aliphatic heterocycles. The van der Waals surface area contributed by atoms with Gasteiger partial charge in [0, 0.05) is 28.3 Å². The van der Waals surface area contributed by atoms with E-state index in [4.69, 9.17) is 20.9 Å². The quantitative estimate of drug-likeness (QED) is 0.460. The van der Waals surface area contributed by atoms with Crippen LogP contribution in [-0.4, -0.2) is 22.7 Å². The highest BCUT2D eigenvalue weighted by atomic mass is 35.5. The van der Waals surface area contributed by atoms with Crippen LogP contribution in [0.5, 0.6) is 5.75 Å². The Morgan fingerprint density at radius 3 is 2.52 bits per heavy atom. The standard InChI is InChI=1S/C23H18ClN3O4/c1-15-13-19(11-12-20(15)24)30-14-21(28)27(29)18-9-7-17(8-10-18)23-25-22(26-31-23)16-5-3-2-4-6-16/h2-13,27H,14H2,1H3. The molecule has 7 nitrogen and oxygen atoms in total. The maximum Gasteiger partial charge on any atom is 0.354 e. The number of nitrogens with one attached hydrogen (secondary N) is 1. The van der Waals surface area contributed by atoms with Crippen molar-refractivity contribution in [2.45, 2.75) is 6.92 Å². The minimum absolute atomic E-state index is 0.257. The molecule has 0 radical (unpaired) electrons. The number of amides is 1. The topological polar surface area (TPSA) is 92.7 Å². The van der Waals surface area contributed by atoms with E-state index < -0.39 is 11.0 Å². The molecule has 0 aliphatic carbocycles. The average molecular weight is 436 g/mol. The van der Waals surface area contributed by atoms with Gasteiger partial charge < -0.3 is 14.5 Å². The molecule has 1 unspecified atom stereocenters. The third-order valence-corrected chi connectivity index (χ3v) is 5.03. The highest BCUT2D eigenvalue weighted by Gasteiger charge is 2.16. The van der Waals surface area contributed by atoms with Crippen molar-refractivity contribution in [3.05, 3.63) is 88.6 Å². The van der Waals surface area contributed by atoms with Crippen LogP contribution in [0.2, 0.25) is 5.02 Å². The second-order valence-electron chi connectivity index (χ2n) is 6.82. The van der Waals surface area contributed by atoms with Crippen LogP contribution in [0.3, 0.4) is 0 Å². The molecule has 8 heteroatoms. The summed E-state index contributed by atoms with van der Waals surface area (Å²) in [5, 5.41) is 16.4. The van der Waals surface area contributed by atoms with Crippen LogP contribution in [0, 0.1) is 12.1 Å². The molecule has 1 N–H and O–H groups in total. The lowest BCUT2D eigenvalue weighted by atomic mass is 10.2. The maximum absolute atomic E-state index is 12.4. The van der Waals surface area contributed by atoms with Gasteiger partial charge in [0.2, 0.25) is 12.4 Å². The van der Waals surface area contributed by atoms with Gasteiger partial charge >= 0.3 is 5.91 Å². The summed E-state index contributed by atoms with van der Waals surface area (Å²) < 4.78 is 10.7. The van der Waals surface area contributed by atoms with Crippen molar-refractivity contribution in [3.8, 4) is 28.6 Å². The van der Waals surface area contributed by atoms with Crippen LogP contribution in [0.25, 0.3) is 22.8 Å². The third-order valence-electron chi connectivity index (χ3n) is 4.60. The molecule has 4 aromatic rings. The van der Waals surface area contributed by atoms with Gasteiger partial charge in [-0.3, -0.25) is 5.06 Å². The molecule has 0 saturated heterocycles. The molecule has 0 fully saturated rings. The number of carbonyl (C=O) groups is 1. The Morgan fingerprint density at radius 1 is 1.06 bits per heavy atom. The molecule has 1 aromatic heterocycles. The van der Waals surface area contributed by atoms with Gasteiger partial charge in [-0.2, -0.15) is 4.98 Å². The molecule has 1 heterocycles. The fraction of sp³-hybridized carbons (Fsp3) is 0.0870. The number of hydrogen-bond acceptors (Lipinski definition) is 6. The van der Waals surface area contributed by atoms with Crippen LogP contribution >= 0.6 is 11.6 Å². The second-order valence-corrected chi connectivity index (χ2v) is 7.23. The Kier molecular flexibility index (Phi) is 6.08. The summed E-state index contributed by atoms with van der Waals surface area (Å²) in [7, 11) is 0. The molecule has 4 rings (SSSR count). The zero-order chi connectivity index (χ0) is 21.8. The van der Waals surface area contributed by atoms with Gasteiger partial charge in [-0.15, -0.1) is 0 Å². The first-order valence-electron chi connectivity index (χ1n) is 9.47. The number of quaternary nitrogens is 1. The smallest absolute Gasteiger partial charge is 0.354 e. The number of halogens is 1. The van der Waals surface area contributed by atoms with Gasteiger partial charge in [0.1, 0.15) is 11.4 Å². The lowest BCUT2D eigenvalue weighted by Crippen LogP contribution is -3.05. The number of aromatic nitrogens is 2. The molecular weight excluding hydrogens is 418 g/mol. The number of ether oxygens (including phenoxy) is 1. The van der Waals surface area contributed by atoms with Crippen molar-refractivity contribution in [3.63, 3.8) is 0 Å². The third kappa shape index (κ3) is 4.80. The van der Waals surface area contributed by atoms with E-state index in [2.05, 4.69) is 10.1 Å². The maximum atomic E-state index is 12.4. The van der Waals surface area contributed by atoms with Gasteiger partial charge in [0.25, 0.3) is 5.89 Å². The van der Waals surface area contributed by atoms with Crippen LogP contribution in [0.4, 0.5) is 5.69 Å². The van der Waals surface area contributed by atoms with Crippen molar-refractivity contribution in [2.24, 2.45) is 0 Å². The largest absolute Gasteiger partial charge is 0.621 e. The van der Waals surface area contributed by atoms with Crippen LogP contribution in [0.15, 0.2) is 77.3 Å². The minimum Gasteiger partial charge on any atom is -0.621 e. The first-order chi connectivity index (χ1) is 15.0. The van der Waals surface area contributed by atoms with Crippen molar-refractivity contribution >= 4 is 23.2 Å². The number of nitrogens with zero attached hydrogens (tertiary/aromatic N) is 2. The van der Waals surface area contributed by atoms with Crippen molar-refractivity contribution < 1.29 is 19.1 Å². The average Bonchev–Trinajstić information content (AvgIpc) is 3.30. The Morgan fingerprint density at radius 2 is 1.81 bits per heavy atom. The fourth-order valence-electron chi connectivity index (χ4n) is 2.89. The zero-order valence-electron chi connectivity index (χ0n) is 16.5. The molecule has 31 heavy (non-hydrogen) atoms. The van der Waals surface area contributed by atoms with Gasteiger partial charge in [-0.05, 0) is 42.8 Å². The van der Waals surface area contributed by atoms with Crippen molar-refractivity contribution in [1.82, 2.24) is 10.1 Å². The molecule has 0 saturated carbocycles. The van der Waals surface area contributed by atoms with Crippen LogP contribution in [-0.2, 0) is 4.79 Å². The first-order valence-corrected chi connectivity index (χ1v) is 9.85. The van der Waals surface area contributed by atoms with Crippen LogP contribution < -0.4 is 9.80 Å². The lowest BCUT2D eigenvalue weighted by Gasteiger charge is -2.19. The summed E-state index contributed by atoms with van der Waals surface area (Å²) in [6.45, 7) is 1.47. The number of carbonyl (C=O) groups excluding carboxylic acids is 1. The molecular formula is C23H18ClN3O4. The van der Waals surface area contributed by atoms with Crippen molar-refractivity contribution in [1.29, 1.82) is 0 Å². The van der Waals surface area contributed by atoms with E-state index in [9.17, 15) is 10.0 Å². The number of hydrogen-bond donors (Lipinski definition) is 1. The van der Waals surface area contributed by atoms with Gasteiger partial charge in [-0.25, -0.2) is 4.79 Å². The molecule has 1 atom stereocenters. The van der Waals surface area contributed by atoms with E-state index in [1.165, 1.54) is 0 Å². The Balaban J connectivity index is 1.41. The first kappa shape index (κ1) is 20.7. The number of hydroxylamine groups is 1. The molecule has 0 bridgehead atoms. The van der Waals surface area contributed by atoms with Crippen LogP contribution in [0.1, 0.15) is 5.56 Å². The summed E-state index contributed by atoms with van der Waals surface area (Å²) in [4.78, 5) is 16.6. The summed E-state index contributed by atoms with van der Waals surface area (Å²) in [6.07, 6.45) is 0. The number of aryl methyl sites for hydroxylation is 1. The Labute approximate surface area is 183 Å². The zero-order valence-corrected chi connectivity index (χ0v) is 17.3.